The standard InChI is InChI=1S/C37H31N3O2S/c1-2-3-4-11-23-39-36(41)29-18-12-17-28-27(19-20-30(35(28)29)37(39)42)33-21-22-34(43-33)32-24-31(25-13-7-5-8-14-25)38-40(32)26-15-9-6-10-16-26/h5-10,12-22,24H,2-4,11,23H2,1H3. The van der Waals surface area contributed by atoms with E-state index in [4.69, 9.17) is 5.10 Å². The van der Waals surface area contributed by atoms with E-state index in [0.29, 0.717) is 17.7 Å². The van der Waals surface area contributed by atoms with Gasteiger partial charge in [-0.15, -0.1) is 11.3 Å². The first-order valence-electron chi connectivity index (χ1n) is 14.9. The summed E-state index contributed by atoms with van der Waals surface area (Å²) < 4.78 is 2.00. The van der Waals surface area contributed by atoms with Gasteiger partial charge in [0, 0.05) is 33.5 Å². The maximum Gasteiger partial charge on any atom is 0.261 e. The van der Waals surface area contributed by atoms with Crippen molar-refractivity contribution in [2.45, 2.75) is 32.6 Å². The number of rotatable bonds is 9. The topological polar surface area (TPSA) is 55.2 Å². The van der Waals surface area contributed by atoms with Crippen molar-refractivity contribution in [3.05, 3.63) is 120 Å². The molecule has 5 nitrogen and oxygen atoms in total. The summed E-state index contributed by atoms with van der Waals surface area (Å²) in [6.07, 6.45) is 4.06. The summed E-state index contributed by atoms with van der Waals surface area (Å²) in [5.74, 6) is -0.382. The van der Waals surface area contributed by atoms with Gasteiger partial charge in [-0.05, 0) is 59.8 Å². The quantitative estimate of drug-likeness (QED) is 0.126. The number of amides is 2. The van der Waals surface area contributed by atoms with Crippen molar-refractivity contribution in [3.8, 4) is 38.0 Å². The predicted octanol–water partition coefficient (Wildman–Crippen LogP) is 9.26. The molecule has 7 rings (SSSR count). The van der Waals surface area contributed by atoms with E-state index in [1.165, 1.54) is 4.90 Å². The summed E-state index contributed by atoms with van der Waals surface area (Å²) in [5.41, 5.74) is 6.20. The second kappa shape index (κ2) is 11.5. The number of para-hydroxylation sites is 1. The number of carbonyl (C=O) groups excluding carboxylic acids is 2. The first-order chi connectivity index (χ1) is 21.1. The second-order valence-electron chi connectivity index (χ2n) is 10.9. The molecule has 4 aromatic carbocycles. The number of benzene rings is 4. The molecular weight excluding hydrogens is 550 g/mol. The lowest BCUT2D eigenvalue weighted by molar-refractivity contribution is 0.0608. The molecule has 6 aromatic rings. The SMILES string of the molecule is CCCCCCN1C(=O)c2cccc3c(-c4ccc(-c5cc(-c6ccccc6)nn5-c5ccccc5)s4)ccc(c23)C1=O. The number of aromatic nitrogens is 2. The van der Waals surface area contributed by atoms with Gasteiger partial charge in [0.1, 0.15) is 0 Å². The first-order valence-corrected chi connectivity index (χ1v) is 15.7. The average molecular weight is 582 g/mol. The van der Waals surface area contributed by atoms with Crippen molar-refractivity contribution < 1.29 is 9.59 Å². The molecule has 0 radical (unpaired) electrons. The Morgan fingerprint density at radius 2 is 1.37 bits per heavy atom. The molecular formula is C37H31N3O2S. The summed E-state index contributed by atoms with van der Waals surface area (Å²) in [6.45, 7) is 2.62. The van der Waals surface area contributed by atoms with Crippen LogP contribution in [0.5, 0.6) is 0 Å². The van der Waals surface area contributed by atoms with Crippen molar-refractivity contribution in [3.63, 3.8) is 0 Å². The predicted molar refractivity (Wildman–Crippen MR) is 175 cm³/mol. The third kappa shape index (κ3) is 4.88. The number of hydrogen-bond acceptors (Lipinski definition) is 4. The molecule has 0 fully saturated rings. The van der Waals surface area contributed by atoms with E-state index < -0.39 is 0 Å². The molecule has 0 saturated carbocycles. The zero-order valence-electron chi connectivity index (χ0n) is 24.0. The molecule has 0 spiro atoms. The molecule has 43 heavy (non-hydrogen) atoms. The molecule has 0 atom stereocenters. The van der Waals surface area contributed by atoms with Gasteiger partial charge in [0.15, 0.2) is 0 Å². The van der Waals surface area contributed by atoms with Crippen molar-refractivity contribution in [1.82, 2.24) is 14.7 Å². The van der Waals surface area contributed by atoms with Gasteiger partial charge in [-0.3, -0.25) is 14.5 Å². The Labute approximate surface area is 255 Å². The van der Waals surface area contributed by atoms with E-state index in [0.717, 1.165) is 74.4 Å². The minimum atomic E-state index is -0.191. The van der Waals surface area contributed by atoms with Gasteiger partial charge < -0.3 is 0 Å². The monoisotopic (exact) mass is 581 g/mol. The van der Waals surface area contributed by atoms with E-state index in [-0.39, 0.29) is 11.8 Å². The zero-order valence-corrected chi connectivity index (χ0v) is 24.8. The maximum atomic E-state index is 13.5. The van der Waals surface area contributed by atoms with Gasteiger partial charge in [0.05, 0.1) is 22.0 Å². The maximum absolute atomic E-state index is 13.5. The Morgan fingerprint density at radius 3 is 2.14 bits per heavy atom. The molecule has 212 valence electrons. The van der Waals surface area contributed by atoms with Crippen LogP contribution in [0.3, 0.4) is 0 Å². The number of carbonyl (C=O) groups is 2. The highest BCUT2D eigenvalue weighted by atomic mass is 32.1. The lowest BCUT2D eigenvalue weighted by Gasteiger charge is -2.27. The minimum Gasteiger partial charge on any atom is -0.274 e. The fraction of sp³-hybridized carbons (Fsp3) is 0.162. The first kappa shape index (κ1) is 27.0. The van der Waals surface area contributed by atoms with E-state index in [1.54, 1.807) is 11.3 Å². The minimum absolute atomic E-state index is 0.191. The molecule has 0 bridgehead atoms. The fourth-order valence-electron chi connectivity index (χ4n) is 5.95. The zero-order chi connectivity index (χ0) is 29.3. The summed E-state index contributed by atoms with van der Waals surface area (Å²) in [4.78, 5) is 30.6. The van der Waals surface area contributed by atoms with Crippen LogP contribution in [0.2, 0.25) is 0 Å². The van der Waals surface area contributed by atoms with Crippen LogP contribution in [0.25, 0.3) is 48.7 Å². The number of nitrogens with zero attached hydrogens (tertiary/aromatic N) is 3. The van der Waals surface area contributed by atoms with Crippen LogP contribution in [0.1, 0.15) is 53.3 Å². The van der Waals surface area contributed by atoms with E-state index >= 15 is 0 Å². The fourth-order valence-corrected chi connectivity index (χ4v) is 7.00. The van der Waals surface area contributed by atoms with Crippen LogP contribution in [0.15, 0.2) is 109 Å². The second-order valence-corrected chi connectivity index (χ2v) is 12.0. The Hall–Kier alpha value is -4.81. The molecule has 0 saturated heterocycles. The van der Waals surface area contributed by atoms with E-state index in [1.807, 2.05) is 71.4 Å². The van der Waals surface area contributed by atoms with Gasteiger partial charge in [0.25, 0.3) is 11.8 Å². The normalized spacial score (nSPS) is 12.8. The molecule has 0 N–H and O–H groups in total. The molecule has 3 heterocycles. The molecule has 1 aliphatic rings. The van der Waals surface area contributed by atoms with Crippen LogP contribution < -0.4 is 0 Å². The van der Waals surface area contributed by atoms with Crippen molar-refractivity contribution >= 4 is 33.9 Å². The summed E-state index contributed by atoms with van der Waals surface area (Å²) in [6, 6.07) is 36.5. The summed E-state index contributed by atoms with van der Waals surface area (Å²) in [5, 5.41) is 6.69. The largest absolute Gasteiger partial charge is 0.274 e. The van der Waals surface area contributed by atoms with E-state index in [9.17, 15) is 9.59 Å². The number of hydrogen-bond donors (Lipinski definition) is 0. The van der Waals surface area contributed by atoms with Crippen LogP contribution in [-0.2, 0) is 0 Å². The lowest BCUT2D eigenvalue weighted by atomic mass is 9.90. The third-order valence-electron chi connectivity index (χ3n) is 8.13. The molecule has 6 heteroatoms. The molecule has 0 aliphatic carbocycles. The van der Waals surface area contributed by atoms with Crippen molar-refractivity contribution in [2.75, 3.05) is 6.54 Å². The Morgan fingerprint density at radius 1 is 0.674 bits per heavy atom. The van der Waals surface area contributed by atoms with Crippen molar-refractivity contribution in [1.29, 1.82) is 0 Å². The molecule has 2 amide bonds. The average Bonchev–Trinajstić information content (AvgIpc) is 3.72. The van der Waals surface area contributed by atoms with Gasteiger partial charge in [-0.2, -0.15) is 5.10 Å². The highest BCUT2D eigenvalue weighted by Crippen LogP contribution is 2.42. The highest BCUT2D eigenvalue weighted by molar-refractivity contribution is 7.18. The molecule has 2 aromatic heterocycles. The number of unbranched alkanes of at least 4 members (excludes halogenated alkanes) is 3. The summed E-state index contributed by atoms with van der Waals surface area (Å²) >= 11 is 1.69. The lowest BCUT2D eigenvalue weighted by Crippen LogP contribution is -2.40. The molecule has 1 aliphatic heterocycles. The Bertz CT molecular complexity index is 1930. The van der Waals surface area contributed by atoms with Gasteiger partial charge >= 0.3 is 0 Å². The molecule has 0 unspecified atom stereocenters. The van der Waals surface area contributed by atoms with Gasteiger partial charge in [0.2, 0.25) is 0 Å². The third-order valence-corrected chi connectivity index (χ3v) is 9.27. The van der Waals surface area contributed by atoms with Crippen molar-refractivity contribution in [2.24, 2.45) is 0 Å². The Kier molecular flexibility index (Phi) is 7.21. The number of imide groups is 1. The van der Waals surface area contributed by atoms with Crippen LogP contribution >= 0.6 is 11.3 Å². The van der Waals surface area contributed by atoms with Crippen LogP contribution in [0.4, 0.5) is 0 Å². The number of thiophene rings is 1. The van der Waals surface area contributed by atoms with Crippen LogP contribution in [0, 0.1) is 0 Å². The Balaban J connectivity index is 1.29. The van der Waals surface area contributed by atoms with Gasteiger partial charge in [-0.25, -0.2) is 4.68 Å². The van der Waals surface area contributed by atoms with E-state index in [2.05, 4.69) is 49.4 Å². The van der Waals surface area contributed by atoms with Gasteiger partial charge in [-0.1, -0.05) is 92.9 Å². The summed E-state index contributed by atoms with van der Waals surface area (Å²) in [7, 11) is 0. The smallest absolute Gasteiger partial charge is 0.261 e. The van der Waals surface area contributed by atoms with Crippen LogP contribution in [-0.4, -0.2) is 33.0 Å². The highest BCUT2D eigenvalue weighted by Gasteiger charge is 2.33.